The molecule has 10 rings (SSSR count). The average Bonchev–Trinajstić information content (AvgIpc) is 0.801. The summed E-state index contributed by atoms with van der Waals surface area (Å²) in [5.41, 5.74) is 8.13. The van der Waals surface area contributed by atoms with E-state index >= 15 is 0 Å². The van der Waals surface area contributed by atoms with Crippen LogP contribution in [0.4, 0.5) is 0 Å². The van der Waals surface area contributed by atoms with Crippen LogP contribution >= 0.6 is 294 Å². The Balaban J connectivity index is 0.000000802. The minimum atomic E-state index is -0.426. The van der Waals surface area contributed by atoms with Crippen LogP contribution in [0.25, 0.3) is 0 Å². The van der Waals surface area contributed by atoms with Gasteiger partial charge in [0, 0.05) is 96.7 Å². The van der Waals surface area contributed by atoms with Gasteiger partial charge in [0.25, 0.3) is 0 Å². The lowest BCUT2D eigenvalue weighted by atomic mass is 10.1. The summed E-state index contributed by atoms with van der Waals surface area (Å²) in [6, 6.07) is 27.7. The van der Waals surface area contributed by atoms with Crippen molar-refractivity contribution in [3.63, 3.8) is 0 Å². The molecule has 0 radical (unpaired) electrons. The molecule has 33 nitrogen and oxygen atoms in total. The molecule has 3 atom stereocenters. The van der Waals surface area contributed by atoms with Crippen molar-refractivity contribution in [2.75, 3.05) is 69.6 Å². The van der Waals surface area contributed by atoms with Gasteiger partial charge in [-0.1, -0.05) is 0 Å². The number of aryl methyl sites for hydroxylation is 3. The van der Waals surface area contributed by atoms with Gasteiger partial charge in [-0.2, -0.15) is 0 Å². The van der Waals surface area contributed by atoms with Crippen molar-refractivity contribution in [1.29, 1.82) is 0 Å². The minimum absolute atomic E-state index is 0.0729. The molecular weight excluding hydrogens is 3350 g/mol. The van der Waals surface area contributed by atoms with Gasteiger partial charge in [-0.3, -0.25) is 62.3 Å². The van der Waals surface area contributed by atoms with Crippen LogP contribution in [0.5, 0.6) is 97.7 Å². The summed E-state index contributed by atoms with van der Waals surface area (Å²) >= 11 is 26.3. The molecule has 10 aromatic rings. The lowest BCUT2D eigenvalue weighted by Crippen LogP contribution is -2.17. The summed E-state index contributed by atoms with van der Waals surface area (Å²) in [6.45, 7) is 22.6. The maximum Gasteiger partial charge on any atom is 0.308 e. The van der Waals surface area contributed by atoms with Crippen molar-refractivity contribution >= 4 is 374 Å². The second-order valence-electron chi connectivity index (χ2n) is 27.4. The number of hydrogen-bond acceptors (Lipinski definition) is 33. The largest absolute Gasteiger partial charge is 0.507 e. The number of ether oxygens (including phenoxy) is 16. The highest BCUT2D eigenvalue weighted by Crippen LogP contribution is 2.43. The molecule has 144 heavy (non-hydrogen) atoms. The SMILES string of the molecule is CC(=O)Oc1cc(C=O)cc(C)c1I.CCOC(C)Oc1c(I)cc(C=O)c(I)c1OC.CCOC(C)Oc1c(I)cc(C=O)cc1OC.CCOC(C)Oc1cc(C=O)cc(C)c1I.COc1c(I)c(C=O)cc(I)c1OC(C)=O.COc1c(O)c(I)cc(C=O)c1I.COc1cc(C=O)cc(I)c1O.COc1cc(C=O)cc(I)c1OC(C)=O.COc1cc(O)c(I)cc1C=O.Cc1cc(C=O)cc(O)c1I. The molecule has 778 valence electrons. The van der Waals surface area contributed by atoms with Crippen molar-refractivity contribution in [2.45, 2.75) is 102 Å². The van der Waals surface area contributed by atoms with E-state index in [0.717, 1.165) is 82.1 Å². The average molecular weight is 3450 g/mol. The van der Waals surface area contributed by atoms with Crippen molar-refractivity contribution < 1.29 is 159 Å². The van der Waals surface area contributed by atoms with Crippen LogP contribution in [-0.4, -0.2) is 190 Å². The summed E-state index contributed by atoms with van der Waals surface area (Å²) in [6.07, 6.45) is 6.44. The third-order valence-corrected chi connectivity index (χ3v) is 30.3. The molecule has 46 heteroatoms. The van der Waals surface area contributed by atoms with E-state index in [1.54, 1.807) is 79.9 Å². The second-order valence-corrected chi connectivity index (χ2v) is 42.0. The van der Waals surface area contributed by atoms with Crippen LogP contribution in [0.3, 0.4) is 0 Å². The number of esters is 3. The molecule has 0 heterocycles. The first-order valence-corrected chi connectivity index (χ1v) is 54.8. The van der Waals surface area contributed by atoms with Gasteiger partial charge in [0.15, 0.2) is 113 Å². The molecule has 0 saturated carbocycles. The van der Waals surface area contributed by atoms with Gasteiger partial charge in [-0.15, -0.1) is 0 Å². The Morgan fingerprint density at radius 1 is 0.264 bits per heavy atom. The monoisotopic (exact) mass is 3450 g/mol. The fourth-order valence-corrected chi connectivity index (χ4v) is 18.7. The number of aldehydes is 10. The zero-order valence-electron chi connectivity index (χ0n) is 80.0. The van der Waals surface area contributed by atoms with Crippen LogP contribution in [0.15, 0.2) is 103 Å². The molecule has 0 aliphatic rings. The lowest BCUT2D eigenvalue weighted by Gasteiger charge is -2.19. The molecule has 3 unspecified atom stereocenters. The summed E-state index contributed by atoms with van der Waals surface area (Å²) in [5.74, 6) is 5.21. The maximum atomic E-state index is 11.0. The molecule has 0 aliphatic carbocycles. The zero-order chi connectivity index (χ0) is 110. The molecule has 0 fully saturated rings. The van der Waals surface area contributed by atoms with Gasteiger partial charge in [0.1, 0.15) is 66.5 Å². The van der Waals surface area contributed by atoms with E-state index in [1.165, 1.54) is 87.7 Å². The maximum absolute atomic E-state index is 11.0. The number of carbonyl (C=O) groups is 13. The Kier molecular flexibility index (Phi) is 68.3. The predicted octanol–water partition coefficient (Wildman–Crippen LogP) is 24.7. The third-order valence-electron chi connectivity index (χ3n) is 17.1. The Hall–Kier alpha value is -6.12. The fraction of sp³-hybridized carbons (Fsp3) is 0.255. The topological polar surface area (TPSA) is 451 Å². The Morgan fingerprint density at radius 3 is 0.951 bits per heavy atom. The van der Waals surface area contributed by atoms with E-state index in [0.29, 0.717) is 194 Å². The van der Waals surface area contributed by atoms with E-state index < -0.39 is 11.9 Å². The molecule has 0 spiro atoms. The first kappa shape index (κ1) is 136. The number of halogens is 13. The number of hydrogen-bond donors (Lipinski definition) is 4. The first-order valence-electron chi connectivity index (χ1n) is 40.8. The highest BCUT2D eigenvalue weighted by atomic mass is 127. The Bertz CT molecular complexity index is 6080. The molecule has 0 saturated heterocycles. The van der Waals surface area contributed by atoms with Gasteiger partial charge in [0.05, 0.1) is 102 Å². The molecule has 0 aliphatic heterocycles. The lowest BCUT2D eigenvalue weighted by molar-refractivity contribution is -0.133. The second kappa shape index (κ2) is 72.4. The van der Waals surface area contributed by atoms with E-state index in [1.807, 2.05) is 249 Å². The van der Waals surface area contributed by atoms with Crippen LogP contribution < -0.4 is 61.6 Å². The summed E-state index contributed by atoms with van der Waals surface area (Å²) < 4.78 is 92.8. The number of phenols is 4. The number of benzene rings is 10. The predicted molar refractivity (Wildman–Crippen MR) is 649 cm³/mol. The molecule has 0 amide bonds. The van der Waals surface area contributed by atoms with Crippen molar-refractivity contribution in [1.82, 2.24) is 0 Å². The minimum Gasteiger partial charge on any atom is -0.507 e. The van der Waals surface area contributed by atoms with Crippen LogP contribution in [-0.2, 0) is 28.6 Å². The summed E-state index contributed by atoms with van der Waals surface area (Å²) in [7, 11) is 10.4. The Labute approximate surface area is 1010 Å². The number of phenolic OH excluding ortho intramolecular Hbond substituents is 4. The Morgan fingerprint density at radius 2 is 0.562 bits per heavy atom. The van der Waals surface area contributed by atoms with E-state index in [9.17, 15) is 82.8 Å². The first-order chi connectivity index (χ1) is 68.0. The number of aromatic hydroxyl groups is 4. The van der Waals surface area contributed by atoms with Crippen molar-refractivity contribution in [3.8, 4) is 97.7 Å². The van der Waals surface area contributed by atoms with Gasteiger partial charge < -0.3 is 96.2 Å². The molecular formula is C98H97I13O33. The third kappa shape index (κ3) is 45.6. The van der Waals surface area contributed by atoms with Crippen LogP contribution in [0.2, 0.25) is 0 Å². The quantitative estimate of drug-likeness (QED) is 0.01000. The van der Waals surface area contributed by atoms with E-state index in [4.69, 9.17) is 75.8 Å². The number of carbonyl (C=O) groups excluding carboxylic acids is 13. The normalized spacial score (nSPS) is 10.5. The van der Waals surface area contributed by atoms with Crippen LogP contribution in [0, 0.1) is 67.2 Å². The highest BCUT2D eigenvalue weighted by Gasteiger charge is 2.24. The smallest absolute Gasteiger partial charge is 0.308 e. The van der Waals surface area contributed by atoms with Crippen molar-refractivity contribution in [3.05, 3.63) is 222 Å². The molecule has 4 N–H and O–H groups in total. The molecule has 0 aromatic heterocycles. The molecule has 0 bridgehead atoms. The standard InChI is InChI=1S/C12H14I2O4.C12H15IO4.C12H15IO3.C10H8I2O4.C10H9IO4.C10H9IO3.C8H6I2O3.2C8H7IO3.C8H7IO2/c1-4-17-7(2)18-11-9(13)5-8(6-15)10(14)12(11)16-3;1-4-16-8(2)17-12-10(13)5-9(7-14)6-11(12)15-3;1-4-15-9(3)16-11-6-10(7-14)5-8(2)12(11)13;1-5(14)16-9-7(11)3-6(4-13)8(12)10(9)15-2;1-6(13)15-10-8(11)3-7(5-12)4-9(10)14-2;1-6-3-8(5-12)4-9(10(6)11)14-7(2)13;1-13-8-6(10)4(3-11)2-5(9)7(8)12;1-12-8-3-7(11)6(9)2-5(8)4-10;1-12-7-3-5(4-10)2-6(9)8(7)11;1-5-2-6(4-10)3-7(11)8(5)9/h5-7H,4H2,1-3H3;5-8H,4H2,1-3H3;5-7,9H,4H2,1-3H3;3-4H,1-2H3;3-5H,1-2H3;3-5H,1-2H3;2-3,12H,1H3;2*2-4,11H,1H3;2-4,11H,1H3. The summed E-state index contributed by atoms with van der Waals surface area (Å²) in [5, 5.41) is 37.4. The van der Waals surface area contributed by atoms with E-state index in [-0.39, 0.29) is 47.8 Å². The van der Waals surface area contributed by atoms with Gasteiger partial charge in [-0.05, 0) is 470 Å². The van der Waals surface area contributed by atoms with Crippen LogP contribution in [0.1, 0.15) is 183 Å². The van der Waals surface area contributed by atoms with Gasteiger partial charge in [-0.25, -0.2) is 0 Å². The van der Waals surface area contributed by atoms with Gasteiger partial charge in [0.2, 0.25) is 0 Å². The highest BCUT2D eigenvalue weighted by molar-refractivity contribution is 14.1. The number of methoxy groups -OCH3 is 7. The number of rotatable bonds is 32. The van der Waals surface area contributed by atoms with Gasteiger partial charge >= 0.3 is 17.9 Å². The summed E-state index contributed by atoms with van der Waals surface area (Å²) in [4.78, 5) is 139. The van der Waals surface area contributed by atoms with Crippen molar-refractivity contribution in [2.24, 2.45) is 0 Å². The molecule has 10 aromatic carbocycles. The van der Waals surface area contributed by atoms with E-state index in [2.05, 4.69) is 113 Å². The fourth-order valence-electron chi connectivity index (χ4n) is 10.7. The zero-order valence-corrected chi connectivity index (χ0v) is 108.